The van der Waals surface area contributed by atoms with Crippen molar-refractivity contribution in [1.29, 1.82) is 0 Å². The van der Waals surface area contributed by atoms with Crippen molar-refractivity contribution >= 4 is 11.9 Å². The SMILES string of the molecule is CCNC(=NCCCOCC1CC1)NCCCN1CCCC1C(=O)N(C)C. The molecule has 1 atom stereocenters. The fraction of sp³-hybridized carbons (Fsp3) is 0.900. The van der Waals surface area contributed by atoms with Crippen LogP contribution in [0.5, 0.6) is 0 Å². The number of aliphatic imine (C=N–C) groups is 1. The molecule has 1 saturated carbocycles. The summed E-state index contributed by atoms with van der Waals surface area (Å²) in [6, 6.07) is 0.0672. The number of likely N-dealkylation sites (N-methyl/N-ethyl adjacent to an activating group) is 1. The lowest BCUT2D eigenvalue weighted by atomic mass is 10.2. The Morgan fingerprint density at radius 1 is 1.22 bits per heavy atom. The fourth-order valence-electron chi connectivity index (χ4n) is 3.39. The summed E-state index contributed by atoms with van der Waals surface area (Å²) in [5.41, 5.74) is 0. The van der Waals surface area contributed by atoms with Crippen LogP contribution in [-0.2, 0) is 9.53 Å². The van der Waals surface area contributed by atoms with Crippen LogP contribution in [-0.4, -0.2) is 87.7 Å². The zero-order valence-electron chi connectivity index (χ0n) is 17.5. The summed E-state index contributed by atoms with van der Waals surface area (Å²) < 4.78 is 5.65. The predicted molar refractivity (Wildman–Crippen MR) is 110 cm³/mol. The van der Waals surface area contributed by atoms with Crippen molar-refractivity contribution in [1.82, 2.24) is 20.4 Å². The van der Waals surface area contributed by atoms with E-state index >= 15 is 0 Å². The summed E-state index contributed by atoms with van der Waals surface area (Å²) in [5.74, 6) is 1.94. The number of guanidine groups is 1. The van der Waals surface area contributed by atoms with Crippen molar-refractivity contribution in [3.8, 4) is 0 Å². The molecule has 0 aromatic carbocycles. The van der Waals surface area contributed by atoms with E-state index < -0.39 is 0 Å². The summed E-state index contributed by atoms with van der Waals surface area (Å²) in [6.07, 6.45) is 6.75. The van der Waals surface area contributed by atoms with Gasteiger partial charge >= 0.3 is 0 Å². The van der Waals surface area contributed by atoms with Gasteiger partial charge in [0.25, 0.3) is 0 Å². The van der Waals surface area contributed by atoms with Gasteiger partial charge in [0.2, 0.25) is 5.91 Å². The van der Waals surface area contributed by atoms with Gasteiger partial charge in [0, 0.05) is 53.5 Å². The monoisotopic (exact) mass is 381 g/mol. The van der Waals surface area contributed by atoms with Crippen LogP contribution in [0.25, 0.3) is 0 Å². The molecule has 1 heterocycles. The molecule has 1 saturated heterocycles. The normalized spacial score (nSPS) is 20.7. The Hall–Kier alpha value is -1.34. The van der Waals surface area contributed by atoms with Crippen molar-refractivity contribution in [2.24, 2.45) is 10.9 Å². The summed E-state index contributed by atoms with van der Waals surface area (Å²) in [4.78, 5) is 20.9. The molecular formula is C20H39N5O2. The molecule has 2 aliphatic rings. The molecule has 7 nitrogen and oxygen atoms in total. The van der Waals surface area contributed by atoms with Crippen LogP contribution < -0.4 is 10.6 Å². The molecule has 0 bridgehead atoms. The molecule has 2 rings (SSSR count). The minimum atomic E-state index is 0.0672. The topological polar surface area (TPSA) is 69.2 Å². The second-order valence-corrected chi connectivity index (χ2v) is 7.84. The van der Waals surface area contributed by atoms with Gasteiger partial charge in [0.1, 0.15) is 0 Å². The van der Waals surface area contributed by atoms with E-state index in [1.54, 1.807) is 4.90 Å². The third-order valence-corrected chi connectivity index (χ3v) is 5.12. The second kappa shape index (κ2) is 12.2. The molecule has 0 aromatic heterocycles. The van der Waals surface area contributed by atoms with E-state index in [2.05, 4.69) is 27.4 Å². The predicted octanol–water partition coefficient (Wildman–Crippen LogP) is 1.30. The van der Waals surface area contributed by atoms with Gasteiger partial charge in [-0.05, 0) is 57.9 Å². The molecular weight excluding hydrogens is 342 g/mol. The van der Waals surface area contributed by atoms with Crippen molar-refractivity contribution in [3.05, 3.63) is 0 Å². The highest BCUT2D eigenvalue weighted by molar-refractivity contribution is 5.81. The van der Waals surface area contributed by atoms with Gasteiger partial charge in [-0.25, -0.2) is 0 Å². The van der Waals surface area contributed by atoms with Crippen LogP contribution in [0.3, 0.4) is 0 Å². The Labute approximate surface area is 164 Å². The maximum Gasteiger partial charge on any atom is 0.239 e. The first kappa shape index (κ1) is 22.0. The van der Waals surface area contributed by atoms with Crippen LogP contribution >= 0.6 is 0 Å². The zero-order valence-corrected chi connectivity index (χ0v) is 17.5. The van der Waals surface area contributed by atoms with Crippen molar-refractivity contribution in [2.75, 3.05) is 60.0 Å². The first-order valence-electron chi connectivity index (χ1n) is 10.7. The number of nitrogens with one attached hydrogen (secondary N) is 2. The number of likely N-dealkylation sites (tertiary alicyclic amines) is 1. The van der Waals surface area contributed by atoms with Crippen LogP contribution in [0.1, 0.15) is 45.4 Å². The Morgan fingerprint density at radius 3 is 2.74 bits per heavy atom. The number of ether oxygens (including phenoxy) is 1. The van der Waals surface area contributed by atoms with Crippen molar-refractivity contribution < 1.29 is 9.53 Å². The standard InChI is InChI=1S/C20H39N5O2/c1-4-21-20(23-12-7-15-27-16-17-9-10-17)22-11-6-14-25-13-5-8-18(25)19(26)24(2)3/h17-18H,4-16H2,1-3H3,(H2,21,22,23). The highest BCUT2D eigenvalue weighted by Crippen LogP contribution is 2.28. The van der Waals surface area contributed by atoms with Crippen LogP contribution in [0.4, 0.5) is 0 Å². The first-order chi connectivity index (χ1) is 13.1. The third-order valence-electron chi connectivity index (χ3n) is 5.12. The first-order valence-corrected chi connectivity index (χ1v) is 10.7. The molecule has 7 heteroatoms. The van der Waals surface area contributed by atoms with E-state index in [9.17, 15) is 4.79 Å². The molecule has 0 spiro atoms. The van der Waals surface area contributed by atoms with E-state index in [4.69, 9.17) is 4.74 Å². The van der Waals surface area contributed by atoms with Crippen LogP contribution in [0.2, 0.25) is 0 Å². The molecule has 1 aliphatic carbocycles. The Balaban J connectivity index is 1.59. The van der Waals surface area contributed by atoms with Crippen LogP contribution in [0.15, 0.2) is 4.99 Å². The van der Waals surface area contributed by atoms with E-state index in [0.717, 1.165) is 83.5 Å². The fourth-order valence-corrected chi connectivity index (χ4v) is 3.39. The maximum absolute atomic E-state index is 12.2. The van der Waals surface area contributed by atoms with Crippen LogP contribution in [0, 0.1) is 5.92 Å². The van der Waals surface area contributed by atoms with Gasteiger partial charge < -0.3 is 20.3 Å². The van der Waals surface area contributed by atoms with Crippen molar-refractivity contribution in [3.63, 3.8) is 0 Å². The minimum absolute atomic E-state index is 0.0672. The molecule has 1 amide bonds. The highest BCUT2D eigenvalue weighted by Gasteiger charge is 2.30. The van der Waals surface area contributed by atoms with E-state index in [1.807, 2.05) is 14.1 Å². The average molecular weight is 382 g/mol. The highest BCUT2D eigenvalue weighted by atomic mass is 16.5. The number of carbonyl (C=O) groups is 1. The molecule has 0 aromatic rings. The molecule has 2 N–H and O–H groups in total. The molecule has 156 valence electrons. The number of rotatable bonds is 12. The van der Waals surface area contributed by atoms with Gasteiger partial charge in [-0.3, -0.25) is 14.7 Å². The van der Waals surface area contributed by atoms with Gasteiger partial charge in [-0.15, -0.1) is 0 Å². The molecule has 1 unspecified atom stereocenters. The maximum atomic E-state index is 12.2. The third kappa shape index (κ3) is 8.47. The molecule has 27 heavy (non-hydrogen) atoms. The number of nitrogens with zero attached hydrogens (tertiary/aromatic N) is 3. The molecule has 1 aliphatic heterocycles. The Bertz CT molecular complexity index is 465. The molecule has 2 fully saturated rings. The van der Waals surface area contributed by atoms with E-state index in [1.165, 1.54) is 12.8 Å². The average Bonchev–Trinajstić information content (AvgIpc) is 3.36. The Morgan fingerprint density at radius 2 is 2.04 bits per heavy atom. The van der Waals surface area contributed by atoms with E-state index in [0.29, 0.717) is 0 Å². The summed E-state index contributed by atoms with van der Waals surface area (Å²) >= 11 is 0. The lowest BCUT2D eigenvalue weighted by molar-refractivity contribution is -0.133. The zero-order chi connectivity index (χ0) is 19.5. The number of amides is 1. The van der Waals surface area contributed by atoms with Crippen molar-refractivity contribution in [2.45, 2.75) is 51.5 Å². The van der Waals surface area contributed by atoms with Gasteiger partial charge in [-0.2, -0.15) is 0 Å². The summed E-state index contributed by atoms with van der Waals surface area (Å²) in [7, 11) is 3.69. The lowest BCUT2D eigenvalue weighted by Gasteiger charge is -2.26. The van der Waals surface area contributed by atoms with Gasteiger partial charge in [0.05, 0.1) is 6.04 Å². The van der Waals surface area contributed by atoms with Gasteiger partial charge in [-0.1, -0.05) is 0 Å². The number of hydrogen-bond acceptors (Lipinski definition) is 4. The lowest BCUT2D eigenvalue weighted by Crippen LogP contribution is -2.44. The number of hydrogen-bond donors (Lipinski definition) is 2. The summed E-state index contributed by atoms with van der Waals surface area (Å²) in [6.45, 7) is 8.29. The van der Waals surface area contributed by atoms with E-state index in [-0.39, 0.29) is 11.9 Å². The second-order valence-electron chi connectivity index (χ2n) is 7.84. The Kier molecular flexibility index (Phi) is 9.91. The minimum Gasteiger partial charge on any atom is -0.381 e. The smallest absolute Gasteiger partial charge is 0.239 e. The van der Waals surface area contributed by atoms with Gasteiger partial charge in [0.15, 0.2) is 5.96 Å². The summed E-state index contributed by atoms with van der Waals surface area (Å²) in [5, 5.41) is 6.70. The quantitative estimate of drug-likeness (QED) is 0.303. The number of carbonyl (C=O) groups excluding carboxylic acids is 1. The molecule has 0 radical (unpaired) electrons. The largest absolute Gasteiger partial charge is 0.381 e.